The third kappa shape index (κ3) is 5.33. The molecule has 1 aromatic heterocycles. The summed E-state index contributed by atoms with van der Waals surface area (Å²) >= 11 is 0. The fraction of sp³-hybridized carbons (Fsp3) is 0. The van der Waals surface area contributed by atoms with Crippen LogP contribution < -0.4 is 5.73 Å². The Bertz CT molecular complexity index is 2880. The molecule has 2 heterocycles. The molecule has 0 spiro atoms. The van der Waals surface area contributed by atoms with E-state index in [-0.39, 0.29) is 11.4 Å². The van der Waals surface area contributed by atoms with Crippen LogP contribution in [0.1, 0.15) is 11.1 Å². The Kier molecular flexibility index (Phi) is 7.42. The summed E-state index contributed by atoms with van der Waals surface area (Å²) in [5.41, 5.74) is 16.5. The summed E-state index contributed by atoms with van der Waals surface area (Å²) in [6.07, 6.45) is 3.59. The van der Waals surface area contributed by atoms with Crippen LogP contribution in [0, 0.1) is 10.8 Å². The highest BCUT2D eigenvalue weighted by Crippen LogP contribution is 2.63. The third-order valence-corrected chi connectivity index (χ3v) is 12.7. The van der Waals surface area contributed by atoms with Crippen molar-refractivity contribution < 1.29 is 0 Å². The number of rotatable bonds is 5. The molecule has 1 atom stereocenters. The Labute approximate surface area is 315 Å². The number of nitrogens with zero attached hydrogens (tertiary/aromatic N) is 3. The van der Waals surface area contributed by atoms with Crippen LogP contribution in [-0.4, -0.2) is 26.4 Å². The van der Waals surface area contributed by atoms with E-state index in [1.54, 1.807) is 6.08 Å². The molecule has 256 valence electrons. The first kappa shape index (κ1) is 31.7. The van der Waals surface area contributed by atoms with E-state index >= 15 is 0 Å². The zero-order valence-corrected chi connectivity index (χ0v) is 29.8. The lowest BCUT2D eigenvalue weighted by Gasteiger charge is -2.20. The van der Waals surface area contributed by atoms with Gasteiger partial charge in [-0.25, -0.2) is 15.0 Å². The van der Waals surface area contributed by atoms with Crippen molar-refractivity contribution in [2.45, 2.75) is 14.7 Å². The monoisotopic (exact) mass is 712 g/mol. The van der Waals surface area contributed by atoms with Gasteiger partial charge in [-0.3, -0.25) is 10.8 Å². The fourth-order valence-corrected chi connectivity index (χ4v) is 10.2. The Morgan fingerprint density at radius 1 is 0.481 bits per heavy atom. The number of allylic oxidation sites excluding steroid dienone is 1. The second-order valence-corrected chi connectivity index (χ2v) is 15.7. The minimum absolute atomic E-state index is 0.195. The Hall–Kier alpha value is -6.96. The first-order chi connectivity index (χ1) is 26.5. The van der Waals surface area contributed by atoms with E-state index in [0.717, 1.165) is 55.4 Å². The molecule has 0 amide bonds. The number of thiol groups is 1. The zero-order chi connectivity index (χ0) is 36.3. The molecule has 1 aliphatic carbocycles. The van der Waals surface area contributed by atoms with Crippen LogP contribution in [0.25, 0.3) is 73.3 Å². The average molecular weight is 713 g/mol. The van der Waals surface area contributed by atoms with Gasteiger partial charge in [-0.15, -0.1) is 0 Å². The molecule has 54 heavy (non-hydrogen) atoms. The normalized spacial score (nSPS) is 14.9. The molecule has 10 rings (SSSR count). The van der Waals surface area contributed by atoms with Gasteiger partial charge in [-0.1, -0.05) is 121 Å². The molecule has 7 aromatic carbocycles. The van der Waals surface area contributed by atoms with Crippen LogP contribution in [0.5, 0.6) is 0 Å². The standard InChI is InChI=1S/C47H32N6S/c48-35-9-6-10-36(27-35)54-41-12-5-4-11-37(41)38-23-21-34(26-42(38)54)47-52-45(32-18-13-29(14-19-32)28-7-2-1-3-8-28)51-46(53-47)33-20-16-30-15-17-31-22-24-40(49)44(50)43(31)39(30)25-33/h1-27,49-50,54H,48H2. The van der Waals surface area contributed by atoms with Crippen molar-refractivity contribution in [3.05, 3.63) is 169 Å². The van der Waals surface area contributed by atoms with Crippen molar-refractivity contribution in [2.75, 3.05) is 5.73 Å². The lowest BCUT2D eigenvalue weighted by molar-refractivity contribution is 1.07. The van der Waals surface area contributed by atoms with Crippen molar-refractivity contribution in [3.8, 4) is 56.4 Å². The number of fused-ring (bicyclic) bond motifs is 6. The quantitative estimate of drug-likeness (QED) is 0.105. The molecule has 0 saturated heterocycles. The predicted molar refractivity (Wildman–Crippen MR) is 223 cm³/mol. The summed E-state index contributed by atoms with van der Waals surface area (Å²) in [6.45, 7) is 0. The minimum Gasteiger partial charge on any atom is -0.399 e. The van der Waals surface area contributed by atoms with E-state index in [0.29, 0.717) is 17.5 Å². The average Bonchev–Trinajstić information content (AvgIpc) is 3.56. The lowest BCUT2D eigenvalue weighted by atomic mass is 9.89. The molecular weight excluding hydrogens is 681 g/mol. The van der Waals surface area contributed by atoms with Crippen LogP contribution in [0.15, 0.2) is 172 Å². The van der Waals surface area contributed by atoms with Gasteiger partial charge in [-0.2, -0.15) is 10.9 Å². The van der Waals surface area contributed by atoms with Gasteiger partial charge in [0.05, 0.1) is 11.4 Å². The summed E-state index contributed by atoms with van der Waals surface area (Å²) in [5.74, 6) is 1.69. The highest BCUT2D eigenvalue weighted by molar-refractivity contribution is 8.17. The van der Waals surface area contributed by atoms with E-state index in [1.165, 1.54) is 25.8 Å². The first-order valence-electron chi connectivity index (χ1n) is 17.7. The van der Waals surface area contributed by atoms with Crippen molar-refractivity contribution >= 4 is 44.9 Å². The number of aromatic nitrogens is 3. The number of benzene rings is 7. The number of anilines is 1. The van der Waals surface area contributed by atoms with Gasteiger partial charge in [-0.05, 0) is 86.0 Å². The molecule has 2 aliphatic rings. The highest BCUT2D eigenvalue weighted by Gasteiger charge is 2.28. The maximum absolute atomic E-state index is 8.78. The highest BCUT2D eigenvalue weighted by atomic mass is 32.2. The maximum Gasteiger partial charge on any atom is 0.164 e. The molecule has 0 bridgehead atoms. The number of nitrogens with two attached hydrogens (primary N) is 1. The smallest absolute Gasteiger partial charge is 0.164 e. The van der Waals surface area contributed by atoms with E-state index in [2.05, 4.69) is 103 Å². The van der Waals surface area contributed by atoms with Gasteiger partial charge in [0.25, 0.3) is 0 Å². The molecule has 0 radical (unpaired) electrons. The summed E-state index contributed by atoms with van der Waals surface area (Å²) in [7, 11) is -0.851. The van der Waals surface area contributed by atoms with E-state index < -0.39 is 10.9 Å². The molecule has 0 saturated carbocycles. The Morgan fingerprint density at radius 2 is 1.11 bits per heavy atom. The molecular formula is C47H32N6S. The molecule has 1 aliphatic heterocycles. The van der Waals surface area contributed by atoms with Gasteiger partial charge < -0.3 is 5.73 Å². The molecule has 4 N–H and O–H groups in total. The summed E-state index contributed by atoms with van der Waals surface area (Å²) < 4.78 is 0. The van der Waals surface area contributed by atoms with E-state index in [9.17, 15) is 0 Å². The molecule has 8 aromatic rings. The summed E-state index contributed by atoms with van der Waals surface area (Å²) in [5, 5.41) is 19.0. The minimum atomic E-state index is -0.851. The van der Waals surface area contributed by atoms with Crippen molar-refractivity contribution in [2.24, 2.45) is 0 Å². The number of nitrogens with one attached hydrogen (secondary N) is 2. The second-order valence-electron chi connectivity index (χ2n) is 13.5. The first-order valence-corrected chi connectivity index (χ1v) is 19.1. The molecule has 7 heteroatoms. The number of hydrogen-bond donors (Lipinski definition) is 4. The summed E-state index contributed by atoms with van der Waals surface area (Å²) in [4.78, 5) is 19.2. The number of hydrogen-bond acceptors (Lipinski definition) is 6. The van der Waals surface area contributed by atoms with Crippen molar-refractivity contribution in [3.63, 3.8) is 0 Å². The second kappa shape index (κ2) is 12.6. The van der Waals surface area contributed by atoms with Crippen LogP contribution in [0.4, 0.5) is 5.69 Å². The SMILES string of the molecule is N=C1C=Cc2ccc3ccc(-c4nc(-c5ccc(-c6ccccc6)cc5)nc(-c5ccc6c(c5)[SH](c5cccc(N)c5)c5ccccc5-6)n4)cc3c2C1=N. The van der Waals surface area contributed by atoms with Crippen LogP contribution in [-0.2, 0) is 0 Å². The Morgan fingerprint density at radius 3 is 1.91 bits per heavy atom. The van der Waals surface area contributed by atoms with Crippen LogP contribution >= 0.6 is 10.9 Å². The Balaban J connectivity index is 1.15. The molecule has 6 nitrogen and oxygen atoms in total. The fourth-order valence-electron chi connectivity index (χ4n) is 7.54. The van der Waals surface area contributed by atoms with Crippen molar-refractivity contribution in [1.29, 1.82) is 10.8 Å². The topological polar surface area (TPSA) is 112 Å². The van der Waals surface area contributed by atoms with Crippen LogP contribution in [0.2, 0.25) is 0 Å². The van der Waals surface area contributed by atoms with Crippen molar-refractivity contribution in [1.82, 2.24) is 15.0 Å². The predicted octanol–water partition coefficient (Wildman–Crippen LogP) is 11.1. The maximum atomic E-state index is 8.78. The lowest BCUT2D eigenvalue weighted by Crippen LogP contribution is -2.16. The third-order valence-electron chi connectivity index (χ3n) is 10.2. The van der Waals surface area contributed by atoms with E-state index in [4.69, 9.17) is 31.5 Å². The van der Waals surface area contributed by atoms with Crippen LogP contribution in [0.3, 0.4) is 0 Å². The van der Waals surface area contributed by atoms with Gasteiger partial charge in [0.2, 0.25) is 0 Å². The van der Waals surface area contributed by atoms with Gasteiger partial charge >= 0.3 is 0 Å². The van der Waals surface area contributed by atoms with Gasteiger partial charge in [0.1, 0.15) is 0 Å². The molecule has 1 unspecified atom stereocenters. The molecule has 0 fully saturated rings. The summed E-state index contributed by atoms with van der Waals surface area (Å²) in [6, 6.07) is 52.3. The zero-order valence-electron chi connectivity index (χ0n) is 29.0. The van der Waals surface area contributed by atoms with Gasteiger partial charge in [0.15, 0.2) is 17.5 Å². The van der Waals surface area contributed by atoms with E-state index in [1.807, 2.05) is 54.6 Å². The number of nitrogen functional groups attached to an aromatic ring is 1. The largest absolute Gasteiger partial charge is 0.399 e. The van der Waals surface area contributed by atoms with Gasteiger partial charge in [0, 0.05) is 37.7 Å².